The largest absolute Gasteiger partial charge is 0.489 e. The number of hydrogen-bond donors (Lipinski definition) is 0. The molecule has 0 N–H and O–H groups in total. The van der Waals surface area contributed by atoms with Gasteiger partial charge in [0.25, 0.3) is 0 Å². The Morgan fingerprint density at radius 1 is 1.50 bits per heavy atom. The second-order valence-corrected chi connectivity index (χ2v) is 3.29. The summed E-state index contributed by atoms with van der Waals surface area (Å²) >= 11 is 0. The molecular formula is C12H15NO3. The van der Waals surface area contributed by atoms with Crippen LogP contribution < -0.4 is 0 Å². The van der Waals surface area contributed by atoms with Crippen molar-refractivity contribution in [3.05, 3.63) is 41.9 Å². The van der Waals surface area contributed by atoms with E-state index in [4.69, 9.17) is 4.74 Å². The van der Waals surface area contributed by atoms with Gasteiger partial charge in [-0.05, 0) is 26.0 Å². The molecule has 0 aliphatic heterocycles. The monoisotopic (exact) mass is 221 g/mol. The van der Waals surface area contributed by atoms with E-state index >= 15 is 0 Å². The number of allylic oxidation sites excluding steroid dienone is 1. The first-order valence-corrected chi connectivity index (χ1v) is 4.97. The maximum Gasteiger partial charge on any atom is 0.333 e. The molecule has 1 rings (SSSR count). The number of carbonyl (C=O) groups is 1. The fourth-order valence-corrected chi connectivity index (χ4v) is 1.21. The van der Waals surface area contributed by atoms with Crippen molar-refractivity contribution in [1.82, 2.24) is 4.98 Å². The predicted molar refractivity (Wildman–Crippen MR) is 59.5 cm³/mol. The molecule has 86 valence electrons. The van der Waals surface area contributed by atoms with Gasteiger partial charge in [-0.3, -0.25) is 4.98 Å². The minimum Gasteiger partial charge on any atom is -0.489 e. The van der Waals surface area contributed by atoms with Gasteiger partial charge in [-0.1, -0.05) is 6.07 Å². The number of esters is 1. The highest BCUT2D eigenvalue weighted by molar-refractivity contribution is 5.82. The minimum absolute atomic E-state index is 0.192. The van der Waals surface area contributed by atoms with Crippen molar-refractivity contribution in [2.24, 2.45) is 0 Å². The Hall–Kier alpha value is -1.84. The van der Waals surface area contributed by atoms with Crippen molar-refractivity contribution >= 4 is 5.97 Å². The lowest BCUT2D eigenvalue weighted by Crippen LogP contribution is -2.03. The predicted octanol–water partition coefficient (Wildman–Crippen LogP) is 2.24. The number of hydrogen-bond acceptors (Lipinski definition) is 4. The van der Waals surface area contributed by atoms with Gasteiger partial charge in [-0.15, -0.1) is 0 Å². The molecular weight excluding hydrogens is 206 g/mol. The summed E-state index contributed by atoms with van der Waals surface area (Å²) in [4.78, 5) is 15.1. The fourth-order valence-electron chi connectivity index (χ4n) is 1.21. The van der Waals surface area contributed by atoms with E-state index in [1.165, 1.54) is 13.2 Å². The summed E-state index contributed by atoms with van der Waals surface area (Å²) in [5.74, 6) is 0.0794. The fraction of sp³-hybridized carbons (Fsp3) is 0.333. The SMILES string of the molecule is COC(=O)/C=C(\C)O[C@@H](C)c1ccccn1. The normalized spacial score (nSPS) is 13.1. The smallest absolute Gasteiger partial charge is 0.333 e. The number of ether oxygens (including phenoxy) is 2. The van der Waals surface area contributed by atoms with Crippen LogP contribution in [0.3, 0.4) is 0 Å². The first-order valence-electron chi connectivity index (χ1n) is 4.97. The van der Waals surface area contributed by atoms with E-state index in [1.807, 2.05) is 25.1 Å². The highest BCUT2D eigenvalue weighted by Gasteiger charge is 2.08. The molecule has 0 saturated heterocycles. The third-order valence-electron chi connectivity index (χ3n) is 1.99. The van der Waals surface area contributed by atoms with Crippen LogP contribution >= 0.6 is 0 Å². The molecule has 0 aliphatic rings. The first-order chi connectivity index (χ1) is 7.63. The van der Waals surface area contributed by atoms with Crippen LogP contribution in [0.1, 0.15) is 25.6 Å². The van der Waals surface area contributed by atoms with E-state index < -0.39 is 5.97 Å². The van der Waals surface area contributed by atoms with Gasteiger partial charge in [0.1, 0.15) is 11.9 Å². The zero-order chi connectivity index (χ0) is 12.0. The van der Waals surface area contributed by atoms with Crippen LogP contribution in [0, 0.1) is 0 Å². The van der Waals surface area contributed by atoms with Crippen LogP contribution in [0.2, 0.25) is 0 Å². The first kappa shape index (κ1) is 12.2. The Labute approximate surface area is 94.9 Å². The van der Waals surface area contributed by atoms with Gasteiger partial charge in [0.05, 0.1) is 18.9 Å². The molecule has 0 aliphatic carbocycles. The van der Waals surface area contributed by atoms with Crippen molar-refractivity contribution in [3.8, 4) is 0 Å². The van der Waals surface area contributed by atoms with Crippen LogP contribution in [0.5, 0.6) is 0 Å². The van der Waals surface area contributed by atoms with Gasteiger partial charge in [0, 0.05) is 6.20 Å². The van der Waals surface area contributed by atoms with Crippen LogP contribution in [-0.4, -0.2) is 18.1 Å². The molecule has 4 nitrogen and oxygen atoms in total. The average Bonchev–Trinajstić information content (AvgIpc) is 2.29. The quantitative estimate of drug-likeness (QED) is 0.444. The van der Waals surface area contributed by atoms with E-state index in [0.29, 0.717) is 5.76 Å². The number of aromatic nitrogens is 1. The van der Waals surface area contributed by atoms with Crippen molar-refractivity contribution in [3.63, 3.8) is 0 Å². The summed E-state index contributed by atoms with van der Waals surface area (Å²) in [6, 6.07) is 5.60. The van der Waals surface area contributed by atoms with Crippen molar-refractivity contribution < 1.29 is 14.3 Å². The summed E-state index contributed by atoms with van der Waals surface area (Å²) < 4.78 is 10.0. The molecule has 0 bridgehead atoms. The van der Waals surface area contributed by atoms with Gasteiger partial charge in [-0.25, -0.2) is 4.79 Å². The Morgan fingerprint density at radius 3 is 2.81 bits per heavy atom. The maximum absolute atomic E-state index is 10.9. The van der Waals surface area contributed by atoms with E-state index in [0.717, 1.165) is 5.69 Å². The molecule has 0 aromatic carbocycles. The lowest BCUT2D eigenvalue weighted by Gasteiger charge is -2.13. The lowest BCUT2D eigenvalue weighted by atomic mass is 10.2. The molecule has 4 heteroatoms. The van der Waals surface area contributed by atoms with Gasteiger partial charge in [-0.2, -0.15) is 0 Å². The van der Waals surface area contributed by atoms with Crippen molar-refractivity contribution in [2.75, 3.05) is 7.11 Å². The van der Waals surface area contributed by atoms with E-state index in [2.05, 4.69) is 9.72 Å². The number of rotatable bonds is 4. The summed E-state index contributed by atoms with van der Waals surface area (Å²) in [5, 5.41) is 0. The highest BCUT2D eigenvalue weighted by Crippen LogP contribution is 2.17. The standard InChI is InChI=1S/C12H15NO3/c1-9(8-12(14)15-3)16-10(2)11-6-4-5-7-13-11/h4-8,10H,1-3H3/b9-8+/t10-/m0/s1. The maximum atomic E-state index is 10.9. The molecule has 1 aromatic rings. The van der Waals surface area contributed by atoms with Crippen LogP contribution in [0.25, 0.3) is 0 Å². The molecule has 0 fully saturated rings. The molecule has 0 saturated carbocycles. The van der Waals surface area contributed by atoms with Gasteiger partial charge < -0.3 is 9.47 Å². The third-order valence-corrected chi connectivity index (χ3v) is 1.99. The van der Waals surface area contributed by atoms with E-state index in [-0.39, 0.29) is 6.10 Å². The lowest BCUT2D eigenvalue weighted by molar-refractivity contribution is -0.135. The zero-order valence-corrected chi connectivity index (χ0v) is 9.64. The summed E-state index contributed by atoms with van der Waals surface area (Å²) in [6.45, 7) is 3.58. The van der Waals surface area contributed by atoms with E-state index in [9.17, 15) is 4.79 Å². The molecule has 0 amide bonds. The zero-order valence-electron chi connectivity index (χ0n) is 9.64. The Morgan fingerprint density at radius 2 is 2.25 bits per heavy atom. The van der Waals surface area contributed by atoms with Crippen molar-refractivity contribution in [2.45, 2.75) is 20.0 Å². The second kappa shape index (κ2) is 5.90. The number of nitrogens with zero attached hydrogens (tertiary/aromatic N) is 1. The Bertz CT molecular complexity index is 373. The van der Waals surface area contributed by atoms with Gasteiger partial charge in [0.15, 0.2) is 0 Å². The molecule has 0 spiro atoms. The van der Waals surface area contributed by atoms with Crippen LogP contribution in [0.15, 0.2) is 36.2 Å². The van der Waals surface area contributed by atoms with Crippen LogP contribution in [-0.2, 0) is 14.3 Å². The number of methoxy groups -OCH3 is 1. The van der Waals surface area contributed by atoms with Gasteiger partial charge in [0.2, 0.25) is 0 Å². The topological polar surface area (TPSA) is 48.4 Å². The average molecular weight is 221 g/mol. The Kier molecular flexibility index (Phi) is 4.51. The summed E-state index contributed by atoms with van der Waals surface area (Å²) in [6.07, 6.45) is 2.82. The number of pyridine rings is 1. The molecule has 0 radical (unpaired) electrons. The molecule has 1 heterocycles. The summed E-state index contributed by atoms with van der Waals surface area (Å²) in [7, 11) is 1.33. The van der Waals surface area contributed by atoms with E-state index in [1.54, 1.807) is 13.1 Å². The van der Waals surface area contributed by atoms with Gasteiger partial charge >= 0.3 is 5.97 Å². The molecule has 16 heavy (non-hydrogen) atoms. The molecule has 0 unspecified atom stereocenters. The highest BCUT2D eigenvalue weighted by atomic mass is 16.5. The second-order valence-electron chi connectivity index (χ2n) is 3.29. The molecule has 1 atom stereocenters. The number of carbonyl (C=O) groups excluding carboxylic acids is 1. The Balaban J connectivity index is 2.61. The van der Waals surface area contributed by atoms with Crippen LogP contribution in [0.4, 0.5) is 0 Å². The molecule has 1 aromatic heterocycles. The summed E-state index contributed by atoms with van der Waals surface area (Å²) in [5.41, 5.74) is 0.820. The third kappa shape index (κ3) is 3.73. The van der Waals surface area contributed by atoms with Crippen molar-refractivity contribution in [1.29, 1.82) is 0 Å². The minimum atomic E-state index is -0.425.